The topological polar surface area (TPSA) is 22.3 Å². The van der Waals surface area contributed by atoms with Crippen LogP contribution in [0.4, 0.5) is 0 Å². The van der Waals surface area contributed by atoms with Crippen molar-refractivity contribution in [3.8, 4) is 11.5 Å². The van der Waals surface area contributed by atoms with Crippen LogP contribution in [0, 0.1) is 0 Å². The molecular formula is C19H24NO2+. The Kier molecular flexibility index (Phi) is 6.01. The molecule has 2 rings (SSSR count). The van der Waals surface area contributed by atoms with Crippen molar-refractivity contribution in [1.29, 1.82) is 0 Å². The van der Waals surface area contributed by atoms with E-state index in [2.05, 4.69) is 31.2 Å². The molecule has 116 valence electrons. The van der Waals surface area contributed by atoms with Gasteiger partial charge in [-0.3, -0.25) is 0 Å². The first-order valence-corrected chi connectivity index (χ1v) is 7.67. The molecule has 1 heterocycles. The number of benzene rings is 1. The lowest BCUT2D eigenvalue weighted by Gasteiger charge is -2.10. The number of methoxy groups -OCH3 is 1. The molecular weight excluding hydrogens is 274 g/mol. The molecule has 0 saturated carbocycles. The third kappa shape index (κ3) is 4.62. The van der Waals surface area contributed by atoms with Crippen molar-refractivity contribution >= 4 is 12.2 Å². The summed E-state index contributed by atoms with van der Waals surface area (Å²) in [5, 5.41) is 0. The molecule has 0 saturated heterocycles. The van der Waals surface area contributed by atoms with Crippen LogP contribution in [0.2, 0.25) is 0 Å². The zero-order chi connectivity index (χ0) is 15.8. The molecule has 0 amide bonds. The molecule has 1 aromatic carbocycles. The van der Waals surface area contributed by atoms with E-state index in [0.29, 0.717) is 0 Å². The molecule has 0 unspecified atom stereocenters. The summed E-state index contributed by atoms with van der Waals surface area (Å²) in [4.78, 5) is 0. The summed E-state index contributed by atoms with van der Waals surface area (Å²) < 4.78 is 13.2. The molecule has 1 aromatic heterocycles. The van der Waals surface area contributed by atoms with E-state index in [-0.39, 0.29) is 0 Å². The van der Waals surface area contributed by atoms with Crippen molar-refractivity contribution in [3.63, 3.8) is 0 Å². The van der Waals surface area contributed by atoms with E-state index < -0.39 is 0 Å². The van der Waals surface area contributed by atoms with Crippen molar-refractivity contribution in [2.45, 2.75) is 19.8 Å². The van der Waals surface area contributed by atoms with Gasteiger partial charge in [-0.15, -0.1) is 0 Å². The van der Waals surface area contributed by atoms with Gasteiger partial charge < -0.3 is 9.47 Å². The molecule has 22 heavy (non-hydrogen) atoms. The quantitative estimate of drug-likeness (QED) is 0.572. The highest BCUT2D eigenvalue weighted by molar-refractivity contribution is 5.70. The second-order valence-electron chi connectivity index (χ2n) is 5.24. The Balaban J connectivity index is 2.09. The van der Waals surface area contributed by atoms with E-state index in [9.17, 15) is 0 Å². The Morgan fingerprint density at radius 1 is 1.00 bits per heavy atom. The minimum absolute atomic E-state index is 0.725. The zero-order valence-corrected chi connectivity index (χ0v) is 13.6. The molecule has 0 spiro atoms. The van der Waals surface area contributed by atoms with Crippen molar-refractivity contribution in [2.24, 2.45) is 7.05 Å². The van der Waals surface area contributed by atoms with Gasteiger partial charge in [-0.05, 0) is 29.7 Å². The van der Waals surface area contributed by atoms with Crippen LogP contribution in [0.1, 0.15) is 30.9 Å². The highest BCUT2D eigenvalue weighted by Gasteiger charge is 2.04. The van der Waals surface area contributed by atoms with Crippen LogP contribution in [0.15, 0.2) is 42.7 Å². The summed E-state index contributed by atoms with van der Waals surface area (Å²) in [7, 11) is 3.68. The van der Waals surface area contributed by atoms with Gasteiger partial charge in [0, 0.05) is 12.1 Å². The van der Waals surface area contributed by atoms with Gasteiger partial charge in [0.25, 0.3) is 0 Å². The molecule has 0 aliphatic rings. The maximum absolute atomic E-state index is 5.75. The minimum Gasteiger partial charge on any atom is -0.493 e. The van der Waals surface area contributed by atoms with Gasteiger partial charge >= 0.3 is 0 Å². The number of hydrogen-bond acceptors (Lipinski definition) is 2. The zero-order valence-electron chi connectivity index (χ0n) is 13.6. The van der Waals surface area contributed by atoms with E-state index in [1.165, 1.54) is 5.56 Å². The Morgan fingerprint density at radius 2 is 1.73 bits per heavy atom. The summed E-state index contributed by atoms with van der Waals surface area (Å²) in [6, 6.07) is 10.2. The lowest BCUT2D eigenvalue weighted by Crippen LogP contribution is -2.25. The number of aromatic nitrogens is 1. The average Bonchev–Trinajstić information content (AvgIpc) is 2.55. The largest absolute Gasteiger partial charge is 0.493 e. The summed E-state index contributed by atoms with van der Waals surface area (Å²) in [5.74, 6) is 1.58. The van der Waals surface area contributed by atoms with E-state index in [1.54, 1.807) is 7.11 Å². The molecule has 0 N–H and O–H groups in total. The molecule has 0 atom stereocenters. The van der Waals surface area contributed by atoms with E-state index >= 15 is 0 Å². The third-order valence-corrected chi connectivity index (χ3v) is 3.42. The normalized spacial score (nSPS) is 10.9. The lowest BCUT2D eigenvalue weighted by molar-refractivity contribution is -0.671. The smallest absolute Gasteiger partial charge is 0.169 e. The van der Waals surface area contributed by atoms with Crippen LogP contribution in [-0.2, 0) is 7.05 Å². The summed E-state index contributed by atoms with van der Waals surface area (Å²) in [6.07, 6.45) is 10.4. The summed E-state index contributed by atoms with van der Waals surface area (Å²) >= 11 is 0. The van der Waals surface area contributed by atoms with Crippen LogP contribution < -0.4 is 14.0 Å². The fourth-order valence-corrected chi connectivity index (χ4v) is 2.05. The number of unbranched alkanes of at least 4 members (excludes halogenated alkanes) is 1. The SMILES string of the molecule is CCCCOc1ccc(/C=C/c2cc[n+](C)cc2)cc1OC. The minimum atomic E-state index is 0.725. The number of rotatable bonds is 7. The molecule has 0 aliphatic carbocycles. The first kappa shape index (κ1) is 16.1. The van der Waals surface area contributed by atoms with Crippen LogP contribution in [-0.4, -0.2) is 13.7 Å². The van der Waals surface area contributed by atoms with Crippen LogP contribution >= 0.6 is 0 Å². The average molecular weight is 298 g/mol. The molecule has 0 aliphatic heterocycles. The molecule has 3 heteroatoms. The number of hydrogen-bond donors (Lipinski definition) is 0. The number of pyridine rings is 1. The molecule has 2 aromatic rings. The highest BCUT2D eigenvalue weighted by atomic mass is 16.5. The molecule has 0 fully saturated rings. The summed E-state index contributed by atoms with van der Waals surface area (Å²) in [6.45, 7) is 2.88. The van der Waals surface area contributed by atoms with Crippen LogP contribution in [0.25, 0.3) is 12.2 Å². The lowest BCUT2D eigenvalue weighted by atomic mass is 10.1. The van der Waals surface area contributed by atoms with Crippen molar-refractivity contribution in [1.82, 2.24) is 0 Å². The third-order valence-electron chi connectivity index (χ3n) is 3.42. The van der Waals surface area contributed by atoms with Gasteiger partial charge in [0.15, 0.2) is 23.9 Å². The Morgan fingerprint density at radius 3 is 2.41 bits per heavy atom. The fourth-order valence-electron chi connectivity index (χ4n) is 2.05. The van der Waals surface area contributed by atoms with Gasteiger partial charge in [-0.25, -0.2) is 4.57 Å². The van der Waals surface area contributed by atoms with Crippen molar-refractivity contribution < 1.29 is 14.0 Å². The number of nitrogens with zero attached hydrogens (tertiary/aromatic N) is 1. The molecule has 0 radical (unpaired) electrons. The van der Waals surface area contributed by atoms with Gasteiger partial charge in [-0.2, -0.15) is 0 Å². The molecule has 0 bridgehead atoms. The van der Waals surface area contributed by atoms with E-state index in [1.807, 2.05) is 42.2 Å². The second kappa shape index (κ2) is 8.23. The Labute approximate surface area is 132 Å². The van der Waals surface area contributed by atoms with Gasteiger partial charge in [0.1, 0.15) is 7.05 Å². The highest BCUT2D eigenvalue weighted by Crippen LogP contribution is 2.29. The monoisotopic (exact) mass is 298 g/mol. The standard InChI is InChI=1S/C19H24NO2/c1-4-5-14-22-18-9-8-17(15-19(18)21-3)7-6-16-10-12-20(2)13-11-16/h6-13,15H,4-5,14H2,1-3H3/q+1/b7-6+. The Bertz CT molecular complexity index is 618. The van der Waals surface area contributed by atoms with Gasteiger partial charge in [-0.1, -0.05) is 31.6 Å². The van der Waals surface area contributed by atoms with Gasteiger partial charge in [0.05, 0.1) is 13.7 Å². The van der Waals surface area contributed by atoms with E-state index in [0.717, 1.165) is 36.5 Å². The maximum Gasteiger partial charge on any atom is 0.169 e. The van der Waals surface area contributed by atoms with Crippen molar-refractivity contribution in [3.05, 3.63) is 53.9 Å². The first-order valence-electron chi connectivity index (χ1n) is 7.67. The molecule has 3 nitrogen and oxygen atoms in total. The fraction of sp³-hybridized carbons (Fsp3) is 0.316. The predicted octanol–water partition coefficient (Wildman–Crippen LogP) is 3.87. The van der Waals surface area contributed by atoms with Crippen molar-refractivity contribution in [2.75, 3.05) is 13.7 Å². The Hall–Kier alpha value is -2.29. The maximum atomic E-state index is 5.75. The number of ether oxygens (including phenoxy) is 2. The first-order chi connectivity index (χ1) is 10.7. The second-order valence-corrected chi connectivity index (χ2v) is 5.24. The number of aryl methyl sites for hydroxylation is 1. The predicted molar refractivity (Wildman–Crippen MR) is 89.9 cm³/mol. The van der Waals surface area contributed by atoms with E-state index in [4.69, 9.17) is 9.47 Å². The summed E-state index contributed by atoms with van der Waals surface area (Å²) in [5.41, 5.74) is 2.26. The van der Waals surface area contributed by atoms with Crippen LogP contribution in [0.3, 0.4) is 0 Å². The van der Waals surface area contributed by atoms with Gasteiger partial charge in [0.2, 0.25) is 0 Å². The van der Waals surface area contributed by atoms with Crippen LogP contribution in [0.5, 0.6) is 11.5 Å².